The summed E-state index contributed by atoms with van der Waals surface area (Å²) in [7, 11) is 3.60. The van der Waals surface area contributed by atoms with Gasteiger partial charge in [-0.15, -0.1) is 5.10 Å². The number of aliphatic hydroxyl groups is 2. The molecule has 8 heteroatoms. The highest BCUT2D eigenvalue weighted by Gasteiger charge is 2.29. The van der Waals surface area contributed by atoms with E-state index in [0.717, 1.165) is 18.7 Å². The molecule has 1 aromatic heterocycles. The topological polar surface area (TPSA) is 104 Å². The first-order valence-electron chi connectivity index (χ1n) is 10.1. The van der Waals surface area contributed by atoms with Crippen LogP contribution in [0.5, 0.6) is 11.8 Å². The maximum atomic E-state index is 10.5. The molecule has 0 saturated carbocycles. The van der Waals surface area contributed by atoms with E-state index < -0.39 is 6.10 Å². The van der Waals surface area contributed by atoms with Gasteiger partial charge >= 0.3 is 6.01 Å². The largest absolute Gasteiger partial charge is 0.507 e. The van der Waals surface area contributed by atoms with Crippen molar-refractivity contribution < 1.29 is 20.1 Å². The van der Waals surface area contributed by atoms with E-state index in [1.165, 1.54) is 10.6 Å². The fourth-order valence-corrected chi connectivity index (χ4v) is 3.77. The molecule has 1 aliphatic rings. The fourth-order valence-electron chi connectivity index (χ4n) is 3.77. The number of hydrogen-bond donors (Lipinski definition) is 3. The molecule has 8 nitrogen and oxygen atoms in total. The van der Waals surface area contributed by atoms with Gasteiger partial charge in [-0.25, -0.2) is 4.57 Å². The third kappa shape index (κ3) is 4.00. The first kappa shape index (κ1) is 21.7. The number of nitrogens with zero attached hydrogens (tertiary/aromatic N) is 4. The van der Waals surface area contributed by atoms with Crippen LogP contribution in [0, 0.1) is 11.8 Å². The molecule has 2 atom stereocenters. The number of aromatic nitrogens is 3. The molecule has 0 bridgehead atoms. The highest BCUT2D eigenvalue weighted by Crippen LogP contribution is 2.36. The number of rotatable bonds is 7. The third-order valence-electron chi connectivity index (χ3n) is 5.41. The molecule has 0 fully saturated rings. The number of hydrogen-bond acceptors (Lipinski definition) is 7. The Morgan fingerprint density at radius 2 is 1.93 bits per heavy atom. The number of ether oxygens (including phenoxy) is 1. The Bertz CT molecular complexity index is 964. The minimum Gasteiger partial charge on any atom is -0.507 e. The Balaban J connectivity index is 2.12. The van der Waals surface area contributed by atoms with Gasteiger partial charge in [0.1, 0.15) is 11.5 Å². The van der Waals surface area contributed by atoms with Gasteiger partial charge < -0.3 is 25.0 Å². The molecule has 30 heavy (non-hydrogen) atoms. The number of anilines is 1. The number of aliphatic hydroxyl groups excluding tert-OH is 2. The molecule has 1 heterocycles. The Morgan fingerprint density at radius 3 is 2.57 bits per heavy atom. The van der Waals surface area contributed by atoms with Crippen LogP contribution in [0.2, 0.25) is 0 Å². The summed E-state index contributed by atoms with van der Waals surface area (Å²) in [6.07, 6.45) is 3.38. The Labute approximate surface area is 176 Å². The quantitative estimate of drug-likeness (QED) is 0.639. The third-order valence-corrected chi connectivity index (χ3v) is 5.41. The van der Waals surface area contributed by atoms with Crippen molar-refractivity contribution in [2.45, 2.75) is 33.3 Å². The monoisotopic (exact) mass is 414 g/mol. The van der Waals surface area contributed by atoms with E-state index in [4.69, 9.17) is 4.74 Å². The van der Waals surface area contributed by atoms with E-state index in [1.807, 2.05) is 33.0 Å². The summed E-state index contributed by atoms with van der Waals surface area (Å²) in [6, 6.07) is 5.22. The number of allylic oxidation sites excluding steroid dienone is 1. The van der Waals surface area contributed by atoms with Crippen molar-refractivity contribution in [2.75, 3.05) is 25.6 Å². The maximum absolute atomic E-state index is 10.5. The molecule has 2 aromatic rings. The zero-order valence-electron chi connectivity index (χ0n) is 18.1. The molecule has 0 aliphatic heterocycles. The van der Waals surface area contributed by atoms with E-state index in [9.17, 15) is 15.3 Å². The van der Waals surface area contributed by atoms with Crippen LogP contribution < -0.4 is 9.64 Å². The van der Waals surface area contributed by atoms with Crippen LogP contribution in [0.3, 0.4) is 0 Å². The van der Waals surface area contributed by atoms with E-state index in [1.54, 1.807) is 19.3 Å². The van der Waals surface area contributed by atoms with Crippen LogP contribution in [0.1, 0.15) is 33.0 Å². The predicted molar refractivity (Wildman–Crippen MR) is 116 cm³/mol. The van der Waals surface area contributed by atoms with Gasteiger partial charge in [0.25, 0.3) is 0 Å². The molecule has 162 valence electrons. The first-order valence-corrected chi connectivity index (χ1v) is 10.1. The fraction of sp³-hybridized carbons (Fsp3) is 0.455. The van der Waals surface area contributed by atoms with Crippen LogP contribution >= 0.6 is 0 Å². The van der Waals surface area contributed by atoms with Crippen molar-refractivity contribution in [3.8, 4) is 17.4 Å². The minimum absolute atomic E-state index is 0.0927. The van der Waals surface area contributed by atoms with Gasteiger partial charge in [0.05, 0.1) is 30.2 Å². The van der Waals surface area contributed by atoms with Crippen molar-refractivity contribution in [1.29, 1.82) is 0 Å². The molecule has 2 unspecified atom stereocenters. The Hall–Kier alpha value is -3.00. The molecule has 1 aromatic carbocycles. The van der Waals surface area contributed by atoms with Crippen molar-refractivity contribution in [3.63, 3.8) is 0 Å². The van der Waals surface area contributed by atoms with E-state index in [2.05, 4.69) is 22.0 Å². The van der Waals surface area contributed by atoms with Gasteiger partial charge in [-0.3, -0.25) is 0 Å². The summed E-state index contributed by atoms with van der Waals surface area (Å²) < 4.78 is 6.98. The van der Waals surface area contributed by atoms with Crippen LogP contribution in [0.4, 0.5) is 5.69 Å². The second-order valence-electron chi connectivity index (χ2n) is 7.88. The number of benzene rings is 1. The summed E-state index contributed by atoms with van der Waals surface area (Å²) in [5.41, 5.74) is 1.92. The van der Waals surface area contributed by atoms with E-state index in [0.29, 0.717) is 22.8 Å². The maximum Gasteiger partial charge on any atom is 0.319 e. The van der Waals surface area contributed by atoms with Gasteiger partial charge in [0, 0.05) is 19.5 Å². The molecule has 0 spiro atoms. The highest BCUT2D eigenvalue weighted by molar-refractivity contribution is 5.76. The molecule has 0 radical (unpaired) electrons. The van der Waals surface area contributed by atoms with Crippen LogP contribution in [-0.2, 0) is 0 Å². The van der Waals surface area contributed by atoms with Crippen molar-refractivity contribution >= 4 is 11.3 Å². The summed E-state index contributed by atoms with van der Waals surface area (Å²) >= 11 is 0. The lowest BCUT2D eigenvalue weighted by molar-refractivity contribution is 0.144. The molecule has 0 amide bonds. The smallest absolute Gasteiger partial charge is 0.319 e. The first-order chi connectivity index (χ1) is 14.3. The van der Waals surface area contributed by atoms with Crippen molar-refractivity contribution in [2.24, 2.45) is 11.8 Å². The van der Waals surface area contributed by atoms with Crippen LogP contribution in [-0.4, -0.2) is 56.9 Å². The predicted octanol–water partition coefficient (Wildman–Crippen LogP) is 3.30. The van der Waals surface area contributed by atoms with Gasteiger partial charge in [-0.2, -0.15) is 0 Å². The summed E-state index contributed by atoms with van der Waals surface area (Å²) in [4.78, 5) is 2.08. The molecule has 1 aliphatic carbocycles. The number of aromatic hydroxyl groups is 1. The zero-order valence-corrected chi connectivity index (χ0v) is 18.1. The molecule has 3 rings (SSSR count). The Morgan fingerprint density at radius 1 is 1.20 bits per heavy atom. The lowest BCUT2D eigenvalue weighted by Gasteiger charge is -2.26. The molecule has 3 N–H and O–H groups in total. The SMILES string of the molecule is CCCN(C)c1cc(-n2c(O)nnc2C2=CC(C(C)C)C(O)C=C2O)ccc1OC. The Kier molecular flexibility index (Phi) is 6.36. The summed E-state index contributed by atoms with van der Waals surface area (Å²) in [5, 5.41) is 39.2. The normalized spacial score (nSPS) is 18.9. The minimum atomic E-state index is -0.783. The lowest BCUT2D eigenvalue weighted by atomic mass is 9.84. The lowest BCUT2D eigenvalue weighted by Crippen LogP contribution is -2.25. The summed E-state index contributed by atoms with van der Waals surface area (Å²) in [5.74, 6) is 0.884. The summed E-state index contributed by atoms with van der Waals surface area (Å²) in [6.45, 7) is 6.93. The van der Waals surface area contributed by atoms with Crippen molar-refractivity contribution in [1.82, 2.24) is 14.8 Å². The average molecular weight is 415 g/mol. The van der Waals surface area contributed by atoms with E-state index >= 15 is 0 Å². The molecular weight excluding hydrogens is 384 g/mol. The van der Waals surface area contributed by atoms with Gasteiger partial charge in [0.15, 0.2) is 5.82 Å². The van der Waals surface area contributed by atoms with Gasteiger partial charge in [-0.1, -0.05) is 31.9 Å². The number of methoxy groups -OCH3 is 1. The average Bonchev–Trinajstić information content (AvgIpc) is 3.08. The molecular formula is C22H30N4O4. The van der Waals surface area contributed by atoms with Gasteiger partial charge in [-0.05, 0) is 36.6 Å². The standard InChI is InChI=1S/C22H30N4O4/c1-6-9-25(4)17-10-14(7-8-20(17)30-5)26-21(23-24-22(26)29)16-11-15(13(2)3)18(27)12-19(16)28/h7-8,10-13,15,18,27-28H,6,9H2,1-5H3,(H,24,29). The second-order valence-corrected chi connectivity index (χ2v) is 7.88. The van der Waals surface area contributed by atoms with Crippen LogP contribution in [0.25, 0.3) is 11.3 Å². The van der Waals surface area contributed by atoms with Gasteiger partial charge in [0.2, 0.25) is 0 Å². The zero-order chi connectivity index (χ0) is 22.0. The van der Waals surface area contributed by atoms with Crippen molar-refractivity contribution in [3.05, 3.63) is 41.9 Å². The highest BCUT2D eigenvalue weighted by atomic mass is 16.5. The van der Waals surface area contributed by atoms with Crippen LogP contribution in [0.15, 0.2) is 36.1 Å². The molecule has 0 saturated heterocycles. The second kappa shape index (κ2) is 8.79. The van der Waals surface area contributed by atoms with E-state index in [-0.39, 0.29) is 23.6 Å².